The van der Waals surface area contributed by atoms with Crippen molar-refractivity contribution in [3.63, 3.8) is 0 Å². The van der Waals surface area contributed by atoms with Gasteiger partial charge >= 0.3 is 0 Å². The van der Waals surface area contributed by atoms with Crippen molar-refractivity contribution in [2.75, 3.05) is 7.05 Å². The Bertz CT molecular complexity index is 659. The lowest BCUT2D eigenvalue weighted by Gasteiger charge is -2.02. The number of rotatable bonds is 0. The van der Waals surface area contributed by atoms with Crippen molar-refractivity contribution >= 4 is 21.5 Å². The number of hydrogen-bond donors (Lipinski definition) is 0. The predicted octanol–water partition coefficient (Wildman–Crippen LogP) is 5.95. The molecule has 0 aliphatic carbocycles. The first kappa shape index (κ1) is 15.5. The van der Waals surface area contributed by atoms with Crippen molar-refractivity contribution in [2.45, 2.75) is 13.8 Å². The summed E-state index contributed by atoms with van der Waals surface area (Å²) in [4.78, 5) is 2.36. The number of nitrogens with zero attached hydrogens (tertiary/aromatic N) is 3. The Morgan fingerprint density at radius 3 is 1.45 bits per heavy atom. The molecule has 0 aliphatic heterocycles. The molecule has 3 aromatic carbocycles. The molecule has 0 saturated heterocycles. The van der Waals surface area contributed by atoms with Gasteiger partial charge in [0.05, 0.1) is 0 Å². The van der Waals surface area contributed by atoms with E-state index in [9.17, 15) is 0 Å². The Labute approximate surface area is 119 Å². The molecule has 0 atom stereocenters. The first-order valence-corrected chi connectivity index (χ1v) is 6.66. The summed E-state index contributed by atoms with van der Waals surface area (Å²) in [5.41, 5.74) is 7.33. The largest absolute Gasteiger partial charge is 0.0973 e. The van der Waals surface area contributed by atoms with Gasteiger partial charge in [-0.15, -0.1) is 0 Å². The molecule has 0 unspecified atom stereocenters. The molecule has 0 fully saturated rings. The lowest BCUT2D eigenvalue weighted by atomic mass is 10.0. The molecular formula is C17H19N3. The fourth-order valence-electron chi connectivity index (χ4n) is 1.95. The van der Waals surface area contributed by atoms with Crippen LogP contribution < -0.4 is 0 Å². The van der Waals surface area contributed by atoms with Gasteiger partial charge in [-0.05, 0) is 27.1 Å². The molecule has 3 rings (SSSR count). The van der Waals surface area contributed by atoms with Crippen molar-refractivity contribution in [3.8, 4) is 0 Å². The molecule has 0 aliphatic rings. The molecule has 3 heteroatoms. The standard InChI is InChI=1S/C14H10.C2H6.CH3N3/c1-3-7-13-11(5-1)9-10-12-6-2-4-8-14(12)13;1-2;1-3-4-2/h1-10H;1-2H3;1H3. The lowest BCUT2D eigenvalue weighted by Crippen LogP contribution is -1.75. The molecule has 0 radical (unpaired) electrons. The summed E-state index contributed by atoms with van der Waals surface area (Å²) < 4.78 is 0. The maximum Gasteiger partial charge on any atom is 0.0139 e. The van der Waals surface area contributed by atoms with Gasteiger partial charge in [0.2, 0.25) is 0 Å². The van der Waals surface area contributed by atoms with Crippen molar-refractivity contribution < 1.29 is 0 Å². The molecule has 0 spiro atoms. The normalized spacial score (nSPS) is 8.75. The van der Waals surface area contributed by atoms with E-state index in [2.05, 4.69) is 70.7 Å². The van der Waals surface area contributed by atoms with Gasteiger partial charge in [0.1, 0.15) is 0 Å². The van der Waals surface area contributed by atoms with E-state index in [-0.39, 0.29) is 0 Å². The summed E-state index contributed by atoms with van der Waals surface area (Å²) >= 11 is 0. The average Bonchev–Trinajstić information content (AvgIpc) is 2.57. The van der Waals surface area contributed by atoms with E-state index in [4.69, 9.17) is 5.53 Å². The third-order valence-corrected chi connectivity index (χ3v) is 2.74. The first-order chi connectivity index (χ1) is 9.86. The molecule has 0 bridgehead atoms. The quantitative estimate of drug-likeness (QED) is 0.209. The van der Waals surface area contributed by atoms with Crippen LogP contribution in [0, 0.1) is 0 Å². The van der Waals surface area contributed by atoms with Crippen LogP contribution in [-0.2, 0) is 0 Å². The Balaban J connectivity index is 0.000000291. The van der Waals surface area contributed by atoms with Crippen LogP contribution in [0.2, 0.25) is 0 Å². The van der Waals surface area contributed by atoms with E-state index in [1.54, 1.807) is 0 Å². The summed E-state index contributed by atoms with van der Waals surface area (Å²) in [6, 6.07) is 21.4. The SMILES string of the molecule is CC.CN=[N+]=[N-].c1ccc2c(c1)ccc1ccccc12. The van der Waals surface area contributed by atoms with E-state index >= 15 is 0 Å². The van der Waals surface area contributed by atoms with Gasteiger partial charge in [-0.2, -0.15) is 0 Å². The fraction of sp³-hybridized carbons (Fsp3) is 0.176. The van der Waals surface area contributed by atoms with Gasteiger partial charge in [0.25, 0.3) is 0 Å². The van der Waals surface area contributed by atoms with Crippen LogP contribution in [0.1, 0.15) is 13.8 Å². The summed E-state index contributed by atoms with van der Waals surface area (Å²) in [6.07, 6.45) is 0. The van der Waals surface area contributed by atoms with Crippen molar-refractivity contribution in [3.05, 3.63) is 71.1 Å². The minimum absolute atomic E-state index is 1.31. The van der Waals surface area contributed by atoms with E-state index in [1.807, 2.05) is 13.8 Å². The van der Waals surface area contributed by atoms with E-state index in [1.165, 1.54) is 28.6 Å². The second kappa shape index (κ2) is 8.57. The molecule has 3 aromatic rings. The zero-order valence-electron chi connectivity index (χ0n) is 12.1. The zero-order chi connectivity index (χ0) is 14.8. The second-order valence-electron chi connectivity index (χ2n) is 3.80. The molecule has 0 heterocycles. The van der Waals surface area contributed by atoms with Gasteiger partial charge in [0.15, 0.2) is 0 Å². The molecule has 0 N–H and O–H groups in total. The highest BCUT2D eigenvalue weighted by Crippen LogP contribution is 2.24. The third kappa shape index (κ3) is 3.74. The van der Waals surface area contributed by atoms with Crippen LogP contribution in [-0.4, -0.2) is 7.05 Å². The van der Waals surface area contributed by atoms with E-state index in [0.717, 1.165) is 0 Å². The minimum atomic E-state index is 1.31. The Morgan fingerprint density at radius 2 is 1.10 bits per heavy atom. The summed E-state index contributed by atoms with van der Waals surface area (Å²) in [5.74, 6) is 0. The number of azide groups is 1. The maximum absolute atomic E-state index is 7.33. The highest BCUT2D eigenvalue weighted by Gasteiger charge is 1.97. The molecule has 3 nitrogen and oxygen atoms in total. The summed E-state index contributed by atoms with van der Waals surface area (Å²) in [7, 11) is 1.39. The third-order valence-electron chi connectivity index (χ3n) is 2.74. The van der Waals surface area contributed by atoms with Crippen LogP contribution >= 0.6 is 0 Å². The maximum atomic E-state index is 7.33. The summed E-state index contributed by atoms with van der Waals surface area (Å²) in [5, 5.41) is 8.22. The van der Waals surface area contributed by atoms with E-state index < -0.39 is 0 Å². The first-order valence-electron chi connectivity index (χ1n) is 6.66. The topological polar surface area (TPSA) is 48.8 Å². The predicted molar refractivity (Wildman–Crippen MR) is 87.9 cm³/mol. The number of fused-ring (bicyclic) bond motifs is 3. The van der Waals surface area contributed by atoms with Crippen LogP contribution in [0.25, 0.3) is 32.0 Å². The highest BCUT2D eigenvalue weighted by atomic mass is 15.1. The number of benzene rings is 3. The Kier molecular flexibility index (Phi) is 6.66. The smallest absolute Gasteiger partial charge is 0.0139 e. The van der Waals surface area contributed by atoms with Crippen molar-refractivity contribution in [2.24, 2.45) is 5.11 Å². The van der Waals surface area contributed by atoms with Crippen LogP contribution in [0.3, 0.4) is 0 Å². The van der Waals surface area contributed by atoms with Crippen LogP contribution in [0.15, 0.2) is 65.8 Å². The molecule has 0 aromatic heterocycles. The molecule has 0 saturated carbocycles. The monoisotopic (exact) mass is 265 g/mol. The van der Waals surface area contributed by atoms with Crippen LogP contribution in [0.4, 0.5) is 0 Å². The Morgan fingerprint density at radius 1 is 0.750 bits per heavy atom. The fourth-order valence-corrected chi connectivity index (χ4v) is 1.95. The highest BCUT2D eigenvalue weighted by molar-refractivity contribution is 6.07. The molecule has 20 heavy (non-hydrogen) atoms. The van der Waals surface area contributed by atoms with Crippen LogP contribution in [0.5, 0.6) is 0 Å². The van der Waals surface area contributed by atoms with Gasteiger partial charge in [-0.25, -0.2) is 0 Å². The van der Waals surface area contributed by atoms with Gasteiger partial charge in [-0.1, -0.05) is 79.6 Å². The van der Waals surface area contributed by atoms with Gasteiger partial charge in [0, 0.05) is 12.0 Å². The molecule has 102 valence electrons. The Hall–Kier alpha value is -2.51. The molecular weight excluding hydrogens is 246 g/mol. The van der Waals surface area contributed by atoms with E-state index in [0.29, 0.717) is 0 Å². The second-order valence-corrected chi connectivity index (χ2v) is 3.80. The van der Waals surface area contributed by atoms with Crippen molar-refractivity contribution in [1.82, 2.24) is 0 Å². The zero-order valence-corrected chi connectivity index (χ0v) is 12.1. The van der Waals surface area contributed by atoms with Gasteiger partial charge in [-0.3, -0.25) is 0 Å². The minimum Gasteiger partial charge on any atom is -0.0973 e. The summed E-state index contributed by atoms with van der Waals surface area (Å²) in [6.45, 7) is 4.00. The van der Waals surface area contributed by atoms with Crippen molar-refractivity contribution in [1.29, 1.82) is 0 Å². The number of hydrogen-bond acceptors (Lipinski definition) is 1. The molecule has 0 amide bonds. The van der Waals surface area contributed by atoms with Gasteiger partial charge < -0.3 is 0 Å². The average molecular weight is 265 g/mol. The lowest BCUT2D eigenvalue weighted by molar-refractivity contribution is 1.40.